The van der Waals surface area contributed by atoms with Crippen LogP contribution in [0.4, 0.5) is 26.3 Å². The highest BCUT2D eigenvalue weighted by atomic mass is 19.4. The van der Waals surface area contributed by atoms with E-state index in [0.717, 1.165) is 60.7 Å². The fourth-order valence-electron chi connectivity index (χ4n) is 4.94. The molecule has 0 aromatic heterocycles. The molecule has 48 heavy (non-hydrogen) atoms. The Bertz CT molecular complexity index is 1770. The van der Waals surface area contributed by atoms with Crippen molar-refractivity contribution in [2.75, 3.05) is 6.67 Å². The van der Waals surface area contributed by atoms with Crippen molar-refractivity contribution in [1.82, 2.24) is 0 Å². The number of carboxylic acid groups (broad SMARTS) is 4. The number of carbonyl (C=O) groups is 4. The monoisotopic (exact) mass is 678 g/mol. The summed E-state index contributed by atoms with van der Waals surface area (Å²) in [6.07, 6.45) is -5.82. The van der Waals surface area contributed by atoms with Crippen LogP contribution in [0.25, 0.3) is 0 Å². The van der Waals surface area contributed by atoms with Gasteiger partial charge in [0.1, 0.15) is 23.0 Å². The third-order valence-electron chi connectivity index (χ3n) is 7.09. The predicted octanol–water partition coefficient (Wildman–Crippen LogP) is 7.52. The molecule has 0 unspecified atom stereocenters. The molecule has 0 aliphatic carbocycles. The minimum Gasteiger partial charge on any atom is -0.478 e. The Morgan fingerprint density at radius 2 is 0.812 bits per heavy atom. The summed E-state index contributed by atoms with van der Waals surface area (Å²) in [7, 11) is 0. The molecular weight excluding hydrogens is 658 g/mol. The molecule has 0 amide bonds. The van der Waals surface area contributed by atoms with Gasteiger partial charge in [0.05, 0.1) is 22.3 Å². The van der Waals surface area contributed by atoms with Crippen molar-refractivity contribution in [2.24, 2.45) is 0 Å². The third-order valence-corrected chi connectivity index (χ3v) is 7.09. The molecular formula is C32H20F6O10. The van der Waals surface area contributed by atoms with E-state index in [2.05, 4.69) is 0 Å². The molecule has 0 radical (unpaired) electrons. The van der Waals surface area contributed by atoms with Gasteiger partial charge in [-0.15, -0.1) is 0 Å². The molecule has 250 valence electrons. The zero-order chi connectivity index (χ0) is 35.6. The van der Waals surface area contributed by atoms with E-state index in [1.54, 1.807) is 0 Å². The standard InChI is InChI=1S/C32H20F6O10/c33-15-30(34,35)31(32(36,37)38,16-1-5-18(6-2-16)47-20-9-11-22(26(39)40)24(13-20)28(43)44)17-3-7-19(8-4-17)48-21-10-12-23(27(41)42)25(14-21)29(45)46/h1-14H,15H2,(H,39,40)(H,41,42)(H,43,44)(H,45,46). The van der Waals surface area contributed by atoms with Crippen molar-refractivity contribution in [3.05, 3.63) is 118 Å². The number of hydrogen-bond acceptors (Lipinski definition) is 6. The summed E-state index contributed by atoms with van der Waals surface area (Å²) < 4.78 is 99.8. The zero-order valence-electron chi connectivity index (χ0n) is 23.8. The van der Waals surface area contributed by atoms with Crippen molar-refractivity contribution in [3.63, 3.8) is 0 Å². The van der Waals surface area contributed by atoms with Crippen LogP contribution in [0.2, 0.25) is 0 Å². The Balaban J connectivity index is 1.74. The molecule has 4 N–H and O–H groups in total. The van der Waals surface area contributed by atoms with E-state index >= 15 is 8.78 Å². The summed E-state index contributed by atoms with van der Waals surface area (Å²) in [6.45, 7) is -2.73. The lowest BCUT2D eigenvalue weighted by Crippen LogP contribution is -2.57. The van der Waals surface area contributed by atoms with Gasteiger partial charge in [0.15, 0.2) is 12.1 Å². The van der Waals surface area contributed by atoms with E-state index in [1.807, 2.05) is 0 Å². The average molecular weight is 678 g/mol. The van der Waals surface area contributed by atoms with Gasteiger partial charge >= 0.3 is 30.1 Å². The van der Waals surface area contributed by atoms with Crippen LogP contribution in [0.1, 0.15) is 52.6 Å². The quantitative estimate of drug-likeness (QED) is 0.110. The number of carboxylic acids is 4. The van der Waals surface area contributed by atoms with Gasteiger partial charge in [0, 0.05) is 0 Å². The van der Waals surface area contributed by atoms with Gasteiger partial charge in [-0.25, -0.2) is 32.3 Å². The van der Waals surface area contributed by atoms with Gasteiger partial charge in [-0.2, -0.15) is 13.2 Å². The maximum atomic E-state index is 15.3. The summed E-state index contributed by atoms with van der Waals surface area (Å²) in [5.41, 5.74) is -8.98. The summed E-state index contributed by atoms with van der Waals surface area (Å²) in [6, 6.07) is 11.4. The van der Waals surface area contributed by atoms with Crippen molar-refractivity contribution < 1.29 is 75.4 Å². The number of rotatable bonds is 12. The minimum absolute atomic E-state index is 0.245. The van der Waals surface area contributed by atoms with Crippen molar-refractivity contribution in [3.8, 4) is 23.0 Å². The molecule has 0 aliphatic rings. The summed E-state index contributed by atoms with van der Waals surface area (Å²) in [4.78, 5) is 45.4. The minimum atomic E-state index is -5.82. The summed E-state index contributed by atoms with van der Waals surface area (Å²) in [5, 5.41) is 36.9. The largest absolute Gasteiger partial charge is 0.478 e. The molecule has 10 nitrogen and oxygen atoms in total. The number of ether oxygens (including phenoxy) is 2. The van der Waals surface area contributed by atoms with E-state index < -0.39 is 81.4 Å². The molecule has 0 atom stereocenters. The zero-order valence-corrected chi connectivity index (χ0v) is 23.8. The highest BCUT2D eigenvalue weighted by Gasteiger charge is 2.71. The second kappa shape index (κ2) is 13.0. The first-order valence-corrected chi connectivity index (χ1v) is 13.2. The fourth-order valence-corrected chi connectivity index (χ4v) is 4.94. The van der Waals surface area contributed by atoms with Crippen LogP contribution in [0.3, 0.4) is 0 Å². The first-order valence-electron chi connectivity index (χ1n) is 13.2. The Hall–Kier alpha value is -6.06. The smallest absolute Gasteiger partial charge is 0.408 e. The van der Waals surface area contributed by atoms with Crippen LogP contribution >= 0.6 is 0 Å². The Morgan fingerprint density at radius 3 is 1.08 bits per heavy atom. The first-order chi connectivity index (χ1) is 22.4. The topological polar surface area (TPSA) is 168 Å². The fraction of sp³-hybridized carbons (Fsp3) is 0.125. The second-order valence-corrected chi connectivity index (χ2v) is 9.97. The molecule has 4 rings (SSSR count). The Kier molecular flexibility index (Phi) is 9.41. The molecule has 0 saturated carbocycles. The van der Waals surface area contributed by atoms with Gasteiger partial charge in [0.2, 0.25) is 0 Å². The van der Waals surface area contributed by atoms with Gasteiger partial charge in [0.25, 0.3) is 5.92 Å². The number of hydrogen-bond donors (Lipinski definition) is 4. The van der Waals surface area contributed by atoms with E-state index in [4.69, 9.17) is 19.7 Å². The number of alkyl halides is 6. The van der Waals surface area contributed by atoms with Gasteiger partial charge in [-0.3, -0.25) is 0 Å². The normalized spacial score (nSPS) is 11.9. The van der Waals surface area contributed by atoms with Crippen LogP contribution in [-0.4, -0.2) is 63.1 Å². The van der Waals surface area contributed by atoms with Crippen LogP contribution < -0.4 is 9.47 Å². The lowest BCUT2D eigenvalue weighted by molar-refractivity contribution is -0.248. The van der Waals surface area contributed by atoms with Crippen LogP contribution in [0.15, 0.2) is 84.9 Å². The second-order valence-electron chi connectivity index (χ2n) is 9.97. The highest BCUT2D eigenvalue weighted by Crippen LogP contribution is 2.56. The predicted molar refractivity (Wildman–Crippen MR) is 152 cm³/mol. The van der Waals surface area contributed by atoms with Gasteiger partial charge in [-0.05, 0) is 71.8 Å². The SMILES string of the molecule is O=C(O)c1ccc(Oc2ccc(C(c3ccc(Oc4ccc(C(=O)O)c(C(=O)O)c4)cc3)(C(F)(F)F)C(F)(F)CF)cc2)cc1C(=O)O. The van der Waals surface area contributed by atoms with Crippen molar-refractivity contribution in [2.45, 2.75) is 17.5 Å². The molecule has 0 spiro atoms. The molecule has 4 aromatic rings. The van der Waals surface area contributed by atoms with Gasteiger partial charge in [-0.1, -0.05) is 24.3 Å². The maximum Gasteiger partial charge on any atom is 0.408 e. The van der Waals surface area contributed by atoms with E-state index in [1.165, 1.54) is 0 Å². The summed E-state index contributed by atoms with van der Waals surface area (Å²) in [5.74, 6) is -12.4. The highest BCUT2D eigenvalue weighted by molar-refractivity contribution is 6.02. The molecule has 0 aliphatic heterocycles. The van der Waals surface area contributed by atoms with Crippen LogP contribution in [0, 0.1) is 0 Å². The van der Waals surface area contributed by atoms with Crippen LogP contribution in [0.5, 0.6) is 23.0 Å². The molecule has 0 saturated heterocycles. The molecule has 0 fully saturated rings. The average Bonchev–Trinajstić information content (AvgIpc) is 3.01. The van der Waals surface area contributed by atoms with Crippen molar-refractivity contribution in [1.29, 1.82) is 0 Å². The Labute approximate surface area is 265 Å². The summed E-state index contributed by atoms with van der Waals surface area (Å²) >= 11 is 0. The van der Waals surface area contributed by atoms with E-state index in [0.29, 0.717) is 24.3 Å². The first kappa shape index (κ1) is 34.8. The number of aromatic carboxylic acids is 4. The van der Waals surface area contributed by atoms with Gasteiger partial charge < -0.3 is 29.9 Å². The lowest BCUT2D eigenvalue weighted by Gasteiger charge is -2.41. The molecule has 0 heterocycles. The maximum absolute atomic E-state index is 15.3. The van der Waals surface area contributed by atoms with Crippen molar-refractivity contribution >= 4 is 23.9 Å². The number of halogens is 6. The molecule has 0 bridgehead atoms. The van der Waals surface area contributed by atoms with Crippen LogP contribution in [-0.2, 0) is 5.41 Å². The van der Waals surface area contributed by atoms with E-state index in [-0.39, 0.29) is 23.0 Å². The molecule has 4 aromatic carbocycles. The third kappa shape index (κ3) is 6.44. The van der Waals surface area contributed by atoms with E-state index in [9.17, 15) is 47.0 Å². The number of benzene rings is 4. The molecule has 16 heteroatoms. The Morgan fingerprint density at radius 1 is 0.500 bits per heavy atom. The lowest BCUT2D eigenvalue weighted by atomic mass is 9.69.